The summed E-state index contributed by atoms with van der Waals surface area (Å²) < 4.78 is 17.4. The highest BCUT2D eigenvalue weighted by Gasteiger charge is 2.24. The third-order valence-corrected chi connectivity index (χ3v) is 6.20. The molecule has 0 spiro atoms. The Morgan fingerprint density at radius 3 is 2.62 bits per heavy atom. The van der Waals surface area contributed by atoms with Crippen LogP contribution in [0.15, 0.2) is 55.0 Å². The minimum Gasteiger partial charge on any atom is -0.381 e. The van der Waals surface area contributed by atoms with Gasteiger partial charge in [-0.15, -0.1) is 0 Å². The van der Waals surface area contributed by atoms with Crippen LogP contribution < -0.4 is 11.1 Å². The fourth-order valence-corrected chi connectivity index (χ4v) is 4.16. The molecule has 5 aromatic rings. The van der Waals surface area contributed by atoms with Gasteiger partial charge in [-0.05, 0) is 62.1 Å². The first-order valence-corrected chi connectivity index (χ1v) is 11.1. The van der Waals surface area contributed by atoms with Crippen LogP contribution in [0.4, 0.5) is 10.2 Å². The number of rotatable bonds is 5. The molecule has 1 aliphatic rings. The fourth-order valence-electron chi connectivity index (χ4n) is 4.16. The molecule has 6 rings (SSSR count). The molecular formula is C25H22FN7O. The third kappa shape index (κ3) is 3.45. The number of hydrogen-bond acceptors (Lipinski definition) is 5. The summed E-state index contributed by atoms with van der Waals surface area (Å²) in [5, 5.41) is 2.95. The lowest BCUT2D eigenvalue weighted by Crippen LogP contribution is -2.25. The summed E-state index contributed by atoms with van der Waals surface area (Å²) in [6.45, 7) is 2.62. The zero-order valence-electron chi connectivity index (χ0n) is 18.5. The number of nitrogens with one attached hydrogen (secondary N) is 1. The van der Waals surface area contributed by atoms with Crippen LogP contribution in [0, 0.1) is 18.7 Å². The largest absolute Gasteiger partial charge is 0.381 e. The SMILES string of the molecule is Cc1cnc2ccc(-c3c(-c4ccc(F)cc4)nc(N)c4nc(C(=O)NCC5CC5)cn34)cn12. The monoisotopic (exact) mass is 455 g/mol. The lowest BCUT2D eigenvalue weighted by molar-refractivity contribution is 0.0947. The number of imidazole rings is 2. The summed E-state index contributed by atoms with van der Waals surface area (Å²) in [6.07, 6.45) is 7.73. The number of aromatic nitrogens is 5. The number of halogens is 1. The van der Waals surface area contributed by atoms with Gasteiger partial charge in [0.15, 0.2) is 11.5 Å². The van der Waals surface area contributed by atoms with E-state index in [0.717, 1.165) is 29.7 Å². The van der Waals surface area contributed by atoms with Crippen LogP contribution in [0.25, 0.3) is 33.8 Å². The summed E-state index contributed by atoms with van der Waals surface area (Å²) in [5.74, 6) is 0.153. The van der Waals surface area contributed by atoms with Crippen LogP contribution in [0.3, 0.4) is 0 Å². The second kappa shape index (κ2) is 7.65. The molecule has 4 heterocycles. The van der Waals surface area contributed by atoms with Gasteiger partial charge in [0, 0.05) is 42.0 Å². The molecule has 0 unspecified atom stereocenters. The minimum absolute atomic E-state index is 0.184. The number of anilines is 1. The molecule has 9 heteroatoms. The Morgan fingerprint density at radius 1 is 1.09 bits per heavy atom. The second-order valence-corrected chi connectivity index (χ2v) is 8.72. The van der Waals surface area contributed by atoms with Crippen molar-refractivity contribution in [3.63, 3.8) is 0 Å². The van der Waals surface area contributed by atoms with E-state index in [9.17, 15) is 9.18 Å². The molecule has 1 aliphatic carbocycles. The molecule has 3 N–H and O–H groups in total. The van der Waals surface area contributed by atoms with Gasteiger partial charge in [-0.3, -0.25) is 9.20 Å². The van der Waals surface area contributed by atoms with Gasteiger partial charge in [-0.1, -0.05) is 0 Å². The topological polar surface area (TPSA) is 103 Å². The van der Waals surface area contributed by atoms with Crippen molar-refractivity contribution in [1.82, 2.24) is 29.1 Å². The van der Waals surface area contributed by atoms with Gasteiger partial charge in [0.25, 0.3) is 5.91 Å². The molecule has 0 bridgehead atoms. The van der Waals surface area contributed by atoms with Crippen molar-refractivity contribution in [3.8, 4) is 22.5 Å². The van der Waals surface area contributed by atoms with Crippen LogP contribution in [0.1, 0.15) is 29.0 Å². The average Bonchev–Trinajstić information content (AvgIpc) is 3.44. The Balaban J connectivity index is 1.58. The third-order valence-electron chi connectivity index (χ3n) is 6.20. The molecule has 4 aromatic heterocycles. The highest BCUT2D eigenvalue weighted by molar-refractivity contribution is 5.94. The lowest BCUT2D eigenvalue weighted by atomic mass is 10.0. The number of nitrogens with two attached hydrogens (primary N) is 1. The summed E-state index contributed by atoms with van der Waals surface area (Å²) in [6, 6.07) is 9.94. The molecule has 1 fully saturated rings. The molecule has 1 aromatic carbocycles. The summed E-state index contributed by atoms with van der Waals surface area (Å²) >= 11 is 0. The number of amides is 1. The van der Waals surface area contributed by atoms with E-state index in [4.69, 9.17) is 5.73 Å². The minimum atomic E-state index is -0.341. The van der Waals surface area contributed by atoms with E-state index in [1.807, 2.05) is 29.7 Å². The normalized spacial score (nSPS) is 13.6. The Kier molecular flexibility index (Phi) is 4.58. The number of nitrogens with zero attached hydrogens (tertiary/aromatic N) is 5. The fraction of sp³-hybridized carbons (Fsp3) is 0.200. The number of nitrogen functional groups attached to an aromatic ring is 1. The van der Waals surface area contributed by atoms with Gasteiger partial charge in [-0.2, -0.15) is 0 Å². The van der Waals surface area contributed by atoms with E-state index in [0.29, 0.717) is 35.1 Å². The van der Waals surface area contributed by atoms with Crippen molar-refractivity contribution < 1.29 is 9.18 Å². The zero-order valence-corrected chi connectivity index (χ0v) is 18.5. The van der Waals surface area contributed by atoms with Crippen molar-refractivity contribution in [2.75, 3.05) is 12.3 Å². The standard InChI is InChI=1S/C25H22FN7O/c1-14-10-28-20-9-6-17(12-32(14)20)22-21(16-4-7-18(26)8-5-16)31-23(27)24-30-19(13-33(22)24)25(34)29-11-15-2-3-15/h4-10,12-13,15H,2-3,11H2,1H3,(H2,27,31)(H,29,34). The van der Waals surface area contributed by atoms with Crippen LogP contribution in [-0.4, -0.2) is 36.2 Å². The van der Waals surface area contributed by atoms with Crippen molar-refractivity contribution in [3.05, 3.63) is 72.2 Å². The quantitative estimate of drug-likeness (QED) is 0.419. The first kappa shape index (κ1) is 20.3. The second-order valence-electron chi connectivity index (χ2n) is 8.72. The number of benzene rings is 1. The molecule has 8 nitrogen and oxygen atoms in total. The molecule has 0 atom stereocenters. The van der Waals surface area contributed by atoms with E-state index in [1.165, 1.54) is 12.1 Å². The number of pyridine rings is 1. The van der Waals surface area contributed by atoms with Gasteiger partial charge in [0.05, 0.1) is 11.4 Å². The van der Waals surface area contributed by atoms with E-state index < -0.39 is 0 Å². The van der Waals surface area contributed by atoms with Gasteiger partial charge >= 0.3 is 0 Å². The van der Waals surface area contributed by atoms with Crippen molar-refractivity contribution in [2.45, 2.75) is 19.8 Å². The molecule has 1 amide bonds. The van der Waals surface area contributed by atoms with Crippen molar-refractivity contribution in [1.29, 1.82) is 0 Å². The predicted molar refractivity (Wildman–Crippen MR) is 127 cm³/mol. The first-order valence-electron chi connectivity index (χ1n) is 11.1. The molecular weight excluding hydrogens is 433 g/mol. The molecule has 34 heavy (non-hydrogen) atoms. The van der Waals surface area contributed by atoms with Gasteiger partial charge in [0.1, 0.15) is 17.2 Å². The first-order chi connectivity index (χ1) is 16.5. The highest BCUT2D eigenvalue weighted by atomic mass is 19.1. The van der Waals surface area contributed by atoms with Crippen molar-refractivity contribution >= 4 is 23.0 Å². The van der Waals surface area contributed by atoms with Gasteiger partial charge in [0.2, 0.25) is 0 Å². The molecule has 0 saturated heterocycles. The van der Waals surface area contributed by atoms with Gasteiger partial charge in [-0.25, -0.2) is 19.3 Å². The Labute approximate surface area is 194 Å². The number of fused-ring (bicyclic) bond motifs is 2. The molecule has 0 radical (unpaired) electrons. The average molecular weight is 455 g/mol. The number of carbonyl (C=O) groups is 1. The Bertz CT molecular complexity index is 1560. The number of aryl methyl sites for hydroxylation is 1. The van der Waals surface area contributed by atoms with Crippen molar-refractivity contribution in [2.24, 2.45) is 5.92 Å². The summed E-state index contributed by atoms with van der Waals surface area (Å²) in [7, 11) is 0. The Morgan fingerprint density at radius 2 is 1.85 bits per heavy atom. The summed E-state index contributed by atoms with van der Waals surface area (Å²) in [5.41, 5.74) is 11.5. The van der Waals surface area contributed by atoms with Gasteiger partial charge < -0.3 is 15.5 Å². The maximum atomic E-state index is 13.7. The summed E-state index contributed by atoms with van der Waals surface area (Å²) in [4.78, 5) is 26.3. The Hall–Kier alpha value is -4.27. The molecule has 0 aliphatic heterocycles. The molecule has 170 valence electrons. The van der Waals surface area contributed by atoms with Crippen LogP contribution >= 0.6 is 0 Å². The van der Waals surface area contributed by atoms with E-state index in [-0.39, 0.29) is 23.2 Å². The number of hydrogen-bond donors (Lipinski definition) is 2. The maximum Gasteiger partial charge on any atom is 0.271 e. The smallest absolute Gasteiger partial charge is 0.271 e. The number of carbonyl (C=O) groups excluding carboxylic acids is 1. The lowest BCUT2D eigenvalue weighted by Gasteiger charge is -2.14. The van der Waals surface area contributed by atoms with E-state index in [1.54, 1.807) is 28.9 Å². The van der Waals surface area contributed by atoms with Crippen LogP contribution in [0.2, 0.25) is 0 Å². The van der Waals surface area contributed by atoms with Crippen LogP contribution in [-0.2, 0) is 0 Å². The van der Waals surface area contributed by atoms with Crippen LogP contribution in [0.5, 0.6) is 0 Å². The molecule has 1 saturated carbocycles. The predicted octanol–water partition coefficient (Wildman–Crippen LogP) is 3.88. The van der Waals surface area contributed by atoms with E-state index in [2.05, 4.69) is 20.3 Å². The zero-order chi connectivity index (χ0) is 23.4. The van der Waals surface area contributed by atoms with E-state index >= 15 is 0 Å². The maximum absolute atomic E-state index is 13.7. The highest BCUT2D eigenvalue weighted by Crippen LogP contribution is 2.34.